The van der Waals surface area contributed by atoms with Crippen molar-refractivity contribution in [1.82, 2.24) is 5.32 Å². The van der Waals surface area contributed by atoms with Crippen molar-refractivity contribution in [3.63, 3.8) is 0 Å². The van der Waals surface area contributed by atoms with E-state index in [0.29, 0.717) is 19.6 Å². The van der Waals surface area contributed by atoms with E-state index >= 15 is 0 Å². The van der Waals surface area contributed by atoms with Gasteiger partial charge in [-0.15, -0.1) is 0 Å². The van der Waals surface area contributed by atoms with E-state index in [1.54, 1.807) is 0 Å². The first-order valence-electron chi connectivity index (χ1n) is 9.70. The maximum Gasteiger partial charge on any atom is 0.261 e. The van der Waals surface area contributed by atoms with Crippen molar-refractivity contribution in [2.24, 2.45) is 0 Å². The summed E-state index contributed by atoms with van der Waals surface area (Å²) in [4.78, 5) is 12.3. The molecule has 0 atom stereocenters. The molecule has 3 aromatic carbocycles. The highest BCUT2D eigenvalue weighted by molar-refractivity contribution is 7.92. The smallest absolute Gasteiger partial charge is 0.261 e. The molecule has 31 heavy (non-hydrogen) atoms. The van der Waals surface area contributed by atoms with E-state index in [-0.39, 0.29) is 22.1 Å². The molecule has 0 saturated heterocycles. The number of carbonyl (C=O) groups excluding carboxylic acids is 1. The summed E-state index contributed by atoms with van der Waals surface area (Å²) in [5.41, 5.74) is 1.56. The van der Waals surface area contributed by atoms with Gasteiger partial charge in [-0.25, -0.2) is 12.8 Å². The molecule has 0 heterocycles. The number of amides is 1. The third kappa shape index (κ3) is 6.55. The maximum atomic E-state index is 13.0. The van der Waals surface area contributed by atoms with Gasteiger partial charge in [-0.1, -0.05) is 18.2 Å². The first-order chi connectivity index (χ1) is 14.8. The van der Waals surface area contributed by atoms with Crippen molar-refractivity contribution in [2.45, 2.75) is 18.2 Å². The van der Waals surface area contributed by atoms with Gasteiger partial charge in [0.1, 0.15) is 11.6 Å². The number of nitrogens with one attached hydrogen (secondary N) is 2. The zero-order valence-electron chi connectivity index (χ0n) is 17.0. The number of carbonyl (C=O) groups is 1. The Balaban J connectivity index is 1.53. The highest BCUT2D eigenvalue weighted by Gasteiger charge is 2.16. The summed E-state index contributed by atoms with van der Waals surface area (Å²) in [6, 6.07) is 18.4. The minimum absolute atomic E-state index is 0.0627. The normalized spacial score (nSPS) is 11.0. The molecule has 0 spiro atoms. The van der Waals surface area contributed by atoms with Crippen LogP contribution in [0.1, 0.15) is 22.3 Å². The summed E-state index contributed by atoms with van der Waals surface area (Å²) < 4.78 is 46.1. The second-order valence-corrected chi connectivity index (χ2v) is 8.60. The summed E-state index contributed by atoms with van der Waals surface area (Å²) in [6.07, 6.45) is 0.601. The van der Waals surface area contributed by atoms with E-state index in [0.717, 1.165) is 23.4 Å². The lowest BCUT2D eigenvalue weighted by molar-refractivity contribution is 0.0951. The van der Waals surface area contributed by atoms with Gasteiger partial charge in [-0.2, -0.15) is 0 Å². The average Bonchev–Trinajstić information content (AvgIpc) is 2.75. The number of halogens is 1. The summed E-state index contributed by atoms with van der Waals surface area (Å²) in [7, 11) is -3.92. The first-order valence-corrected chi connectivity index (χ1v) is 11.2. The van der Waals surface area contributed by atoms with E-state index in [1.807, 2.05) is 31.2 Å². The summed E-state index contributed by atoms with van der Waals surface area (Å²) in [6.45, 7) is 2.81. The van der Waals surface area contributed by atoms with Gasteiger partial charge in [-0.3, -0.25) is 9.52 Å². The Hall–Kier alpha value is -3.39. The lowest BCUT2D eigenvalue weighted by Crippen LogP contribution is -2.26. The van der Waals surface area contributed by atoms with Crippen LogP contribution in [-0.4, -0.2) is 27.5 Å². The molecule has 0 fully saturated rings. The molecule has 162 valence electrons. The molecular weight excluding hydrogens is 419 g/mol. The number of anilines is 1. The number of benzene rings is 3. The Morgan fingerprint density at radius 1 is 1.00 bits per heavy atom. The fraction of sp³-hybridized carbons (Fsp3) is 0.174. The Morgan fingerprint density at radius 2 is 1.74 bits per heavy atom. The standard InChI is InChI=1S/C23H23FN2O4S/c1-17-5-2-7-21(15-17)30-14-4-13-25-23(27)18-6-3-8-22(16-18)31(28,29)26-20-11-9-19(24)10-12-20/h2-3,5-12,15-16,26H,4,13-14H2,1H3,(H,25,27). The number of rotatable bonds is 9. The van der Waals surface area contributed by atoms with Gasteiger partial charge in [-0.05, 0) is 73.5 Å². The molecular formula is C23H23FN2O4S. The minimum Gasteiger partial charge on any atom is -0.494 e. The van der Waals surface area contributed by atoms with Crippen molar-refractivity contribution >= 4 is 21.6 Å². The molecule has 0 radical (unpaired) electrons. The van der Waals surface area contributed by atoms with Gasteiger partial charge in [0, 0.05) is 17.8 Å². The maximum absolute atomic E-state index is 13.0. The fourth-order valence-electron chi connectivity index (χ4n) is 2.81. The lowest BCUT2D eigenvalue weighted by atomic mass is 10.2. The molecule has 0 bridgehead atoms. The van der Waals surface area contributed by atoms with Crippen molar-refractivity contribution < 1.29 is 22.3 Å². The van der Waals surface area contributed by atoms with Crippen LogP contribution in [0.4, 0.5) is 10.1 Å². The van der Waals surface area contributed by atoms with E-state index in [4.69, 9.17) is 4.74 Å². The van der Waals surface area contributed by atoms with Crippen molar-refractivity contribution in [3.8, 4) is 5.75 Å². The predicted molar refractivity (Wildman–Crippen MR) is 117 cm³/mol. The average molecular weight is 443 g/mol. The fourth-order valence-corrected chi connectivity index (χ4v) is 3.91. The number of sulfonamides is 1. The van der Waals surface area contributed by atoms with Gasteiger partial charge in [0.05, 0.1) is 11.5 Å². The molecule has 0 aromatic heterocycles. The monoisotopic (exact) mass is 442 g/mol. The van der Waals surface area contributed by atoms with E-state index in [9.17, 15) is 17.6 Å². The SMILES string of the molecule is Cc1cccc(OCCCNC(=O)c2cccc(S(=O)(=O)Nc3ccc(F)cc3)c2)c1. The van der Waals surface area contributed by atoms with Crippen molar-refractivity contribution in [1.29, 1.82) is 0 Å². The van der Waals surface area contributed by atoms with Crippen LogP contribution in [0, 0.1) is 12.7 Å². The molecule has 2 N–H and O–H groups in total. The molecule has 6 nitrogen and oxygen atoms in total. The Labute approximate surface area is 181 Å². The number of hydrogen-bond acceptors (Lipinski definition) is 4. The molecule has 3 aromatic rings. The Morgan fingerprint density at radius 3 is 2.48 bits per heavy atom. The quantitative estimate of drug-likeness (QED) is 0.488. The third-order valence-electron chi connectivity index (χ3n) is 4.37. The summed E-state index contributed by atoms with van der Waals surface area (Å²) >= 11 is 0. The molecule has 0 aliphatic heterocycles. The van der Waals surface area contributed by atoms with Gasteiger partial charge in [0.2, 0.25) is 0 Å². The van der Waals surface area contributed by atoms with E-state index in [1.165, 1.54) is 36.4 Å². The summed E-state index contributed by atoms with van der Waals surface area (Å²) in [5, 5.41) is 2.76. The van der Waals surface area contributed by atoms with Crippen LogP contribution in [0.5, 0.6) is 5.75 Å². The molecule has 0 saturated carbocycles. The highest BCUT2D eigenvalue weighted by atomic mass is 32.2. The van der Waals surface area contributed by atoms with Crippen molar-refractivity contribution in [2.75, 3.05) is 17.9 Å². The molecule has 8 heteroatoms. The molecule has 1 amide bonds. The van der Waals surface area contributed by atoms with Crippen LogP contribution in [0.3, 0.4) is 0 Å². The second kappa shape index (κ2) is 10.1. The lowest BCUT2D eigenvalue weighted by Gasteiger charge is -2.10. The zero-order valence-corrected chi connectivity index (χ0v) is 17.8. The van der Waals surface area contributed by atoms with Crippen LogP contribution in [-0.2, 0) is 10.0 Å². The third-order valence-corrected chi connectivity index (χ3v) is 5.75. The van der Waals surface area contributed by atoms with Gasteiger partial charge in [0.25, 0.3) is 15.9 Å². The summed E-state index contributed by atoms with van der Waals surface area (Å²) in [5.74, 6) is -0.0711. The van der Waals surface area contributed by atoms with Crippen LogP contribution >= 0.6 is 0 Å². The Bertz CT molecular complexity index is 1150. The van der Waals surface area contributed by atoms with E-state index in [2.05, 4.69) is 10.0 Å². The van der Waals surface area contributed by atoms with Gasteiger partial charge < -0.3 is 10.1 Å². The van der Waals surface area contributed by atoms with Crippen LogP contribution in [0.25, 0.3) is 0 Å². The van der Waals surface area contributed by atoms with Crippen LogP contribution in [0.15, 0.2) is 77.7 Å². The zero-order chi connectivity index (χ0) is 22.3. The minimum atomic E-state index is -3.92. The molecule has 0 unspecified atom stereocenters. The molecule has 3 rings (SSSR count). The number of hydrogen-bond donors (Lipinski definition) is 2. The second-order valence-electron chi connectivity index (χ2n) is 6.91. The van der Waals surface area contributed by atoms with E-state index < -0.39 is 15.8 Å². The van der Waals surface area contributed by atoms with Gasteiger partial charge >= 0.3 is 0 Å². The number of aryl methyl sites for hydroxylation is 1. The Kier molecular flexibility index (Phi) is 7.25. The largest absolute Gasteiger partial charge is 0.494 e. The van der Waals surface area contributed by atoms with Crippen LogP contribution < -0.4 is 14.8 Å². The van der Waals surface area contributed by atoms with Crippen molar-refractivity contribution in [3.05, 3.63) is 89.7 Å². The van der Waals surface area contributed by atoms with Gasteiger partial charge in [0.15, 0.2) is 0 Å². The molecule has 0 aliphatic rings. The topological polar surface area (TPSA) is 84.5 Å². The first kappa shape index (κ1) is 22.3. The highest BCUT2D eigenvalue weighted by Crippen LogP contribution is 2.18. The molecule has 0 aliphatic carbocycles. The predicted octanol–water partition coefficient (Wildman–Crippen LogP) is 4.13. The number of ether oxygens (including phenoxy) is 1. The van der Waals surface area contributed by atoms with Crippen LogP contribution in [0.2, 0.25) is 0 Å².